The summed E-state index contributed by atoms with van der Waals surface area (Å²) in [6, 6.07) is 0. The molecule has 0 aromatic heterocycles. The molecule has 0 rings (SSSR count). The quantitative estimate of drug-likeness (QED) is 0.228. The summed E-state index contributed by atoms with van der Waals surface area (Å²) >= 11 is 0. The predicted molar refractivity (Wildman–Crippen MR) is 101 cm³/mol. The minimum Gasteiger partial charge on any atom is -0.395 e. The van der Waals surface area contributed by atoms with Crippen LogP contribution >= 0.6 is 0 Å². The van der Waals surface area contributed by atoms with Crippen LogP contribution in [0.4, 0.5) is 0 Å². The summed E-state index contributed by atoms with van der Waals surface area (Å²) < 4.78 is 12.3. The highest BCUT2D eigenvalue weighted by Gasteiger charge is 2.26. The molecule has 0 spiro atoms. The Hall–Kier alpha value is 0.137. The lowest BCUT2D eigenvalue weighted by Crippen LogP contribution is -2.38. The molecule has 0 amide bonds. The maximum absolute atomic E-state index is 6.21. The lowest BCUT2D eigenvalue weighted by molar-refractivity contribution is 0.122. The molecule has 0 N–H and O–H groups in total. The zero-order valence-corrected chi connectivity index (χ0v) is 17.1. The first-order valence-electron chi connectivity index (χ1n) is 9.83. The van der Waals surface area contributed by atoms with Gasteiger partial charge in [0.1, 0.15) is 0 Å². The van der Waals surface area contributed by atoms with Gasteiger partial charge in [0, 0.05) is 12.7 Å². The van der Waals surface area contributed by atoms with Crippen LogP contribution in [-0.2, 0) is 8.85 Å². The molecule has 0 radical (unpaired) electrons. The standard InChI is InChI=1S/C19H42O2Si/c1-6-8-10-12-13-15-17-19(3)21-22(4,5)20-18-16-14-11-9-7-2/h19H,6-18H2,1-5H3. The average Bonchev–Trinajstić information content (AvgIpc) is 2.46. The second-order valence-electron chi connectivity index (χ2n) is 7.15. The van der Waals surface area contributed by atoms with Crippen molar-refractivity contribution in [3.8, 4) is 0 Å². The molecular formula is C19H42O2Si. The van der Waals surface area contributed by atoms with Crippen molar-refractivity contribution in [3.63, 3.8) is 0 Å². The molecule has 2 nitrogen and oxygen atoms in total. The molecule has 0 saturated carbocycles. The van der Waals surface area contributed by atoms with Gasteiger partial charge >= 0.3 is 8.56 Å². The summed E-state index contributed by atoms with van der Waals surface area (Å²) in [5.74, 6) is 0. The van der Waals surface area contributed by atoms with Crippen molar-refractivity contribution in [1.29, 1.82) is 0 Å². The predicted octanol–water partition coefficient (Wildman–Crippen LogP) is 6.83. The summed E-state index contributed by atoms with van der Waals surface area (Å²) in [7, 11) is -1.92. The Labute approximate surface area is 141 Å². The topological polar surface area (TPSA) is 18.5 Å². The molecule has 1 unspecified atom stereocenters. The van der Waals surface area contributed by atoms with Gasteiger partial charge in [-0.1, -0.05) is 78.1 Å². The van der Waals surface area contributed by atoms with Crippen molar-refractivity contribution < 1.29 is 8.85 Å². The van der Waals surface area contributed by atoms with Crippen LogP contribution in [-0.4, -0.2) is 21.3 Å². The van der Waals surface area contributed by atoms with E-state index in [9.17, 15) is 0 Å². The first kappa shape index (κ1) is 22.1. The highest BCUT2D eigenvalue weighted by molar-refractivity contribution is 6.64. The largest absolute Gasteiger partial charge is 0.395 e. The first-order valence-corrected chi connectivity index (χ1v) is 12.6. The number of unbranched alkanes of at least 4 members (excludes halogenated alkanes) is 9. The third-order valence-electron chi connectivity index (χ3n) is 4.15. The minimum atomic E-state index is -1.92. The summed E-state index contributed by atoms with van der Waals surface area (Å²) in [4.78, 5) is 0. The highest BCUT2D eigenvalue weighted by Crippen LogP contribution is 2.16. The molecule has 0 aromatic rings. The van der Waals surface area contributed by atoms with E-state index in [1.807, 2.05) is 0 Å². The molecule has 0 aromatic carbocycles. The van der Waals surface area contributed by atoms with Gasteiger partial charge in [-0.05, 0) is 32.9 Å². The molecule has 1 atom stereocenters. The van der Waals surface area contributed by atoms with Gasteiger partial charge in [0.25, 0.3) is 0 Å². The molecule has 0 aliphatic carbocycles. The van der Waals surface area contributed by atoms with E-state index in [0.717, 1.165) is 6.61 Å². The third kappa shape index (κ3) is 15.0. The smallest absolute Gasteiger partial charge is 0.331 e. The van der Waals surface area contributed by atoms with E-state index >= 15 is 0 Å². The van der Waals surface area contributed by atoms with E-state index in [1.54, 1.807) is 0 Å². The Morgan fingerprint density at radius 3 is 1.82 bits per heavy atom. The van der Waals surface area contributed by atoms with Gasteiger partial charge in [0.05, 0.1) is 0 Å². The van der Waals surface area contributed by atoms with E-state index in [-0.39, 0.29) is 0 Å². The molecule has 22 heavy (non-hydrogen) atoms. The van der Waals surface area contributed by atoms with E-state index in [4.69, 9.17) is 8.85 Å². The van der Waals surface area contributed by atoms with Gasteiger partial charge in [0.15, 0.2) is 0 Å². The summed E-state index contributed by atoms with van der Waals surface area (Å²) in [5, 5.41) is 0. The van der Waals surface area contributed by atoms with Crippen LogP contribution in [0.3, 0.4) is 0 Å². The van der Waals surface area contributed by atoms with Crippen LogP contribution in [0.2, 0.25) is 13.1 Å². The molecule has 3 heteroatoms. The fourth-order valence-corrected chi connectivity index (χ4v) is 4.60. The lowest BCUT2D eigenvalue weighted by Gasteiger charge is -2.27. The third-order valence-corrected chi connectivity index (χ3v) is 6.02. The Balaban J connectivity index is 3.57. The van der Waals surface area contributed by atoms with E-state index in [1.165, 1.54) is 77.0 Å². The van der Waals surface area contributed by atoms with Crippen LogP contribution in [0.1, 0.15) is 97.8 Å². The zero-order valence-electron chi connectivity index (χ0n) is 16.1. The van der Waals surface area contributed by atoms with Crippen molar-refractivity contribution in [2.75, 3.05) is 6.61 Å². The van der Waals surface area contributed by atoms with Crippen molar-refractivity contribution >= 4 is 8.56 Å². The molecule has 0 aliphatic heterocycles. The normalized spacial score (nSPS) is 13.5. The molecule has 0 aliphatic rings. The van der Waals surface area contributed by atoms with Crippen LogP contribution in [0.5, 0.6) is 0 Å². The minimum absolute atomic E-state index is 0.355. The molecule has 0 fully saturated rings. The van der Waals surface area contributed by atoms with Crippen LogP contribution in [0.15, 0.2) is 0 Å². The van der Waals surface area contributed by atoms with E-state index in [2.05, 4.69) is 33.9 Å². The summed E-state index contributed by atoms with van der Waals surface area (Å²) in [6.45, 7) is 12.0. The fraction of sp³-hybridized carbons (Fsp3) is 1.00. The van der Waals surface area contributed by atoms with Crippen molar-refractivity contribution in [2.24, 2.45) is 0 Å². The van der Waals surface area contributed by atoms with Crippen LogP contribution in [0, 0.1) is 0 Å². The Morgan fingerprint density at radius 2 is 1.23 bits per heavy atom. The van der Waals surface area contributed by atoms with Crippen molar-refractivity contribution in [1.82, 2.24) is 0 Å². The Kier molecular flexibility index (Phi) is 14.8. The zero-order chi connectivity index (χ0) is 16.7. The number of rotatable bonds is 16. The number of hydrogen-bond donors (Lipinski definition) is 0. The monoisotopic (exact) mass is 330 g/mol. The summed E-state index contributed by atoms with van der Waals surface area (Å²) in [6.07, 6.45) is 16.2. The first-order chi connectivity index (χ1) is 10.5. The fourth-order valence-electron chi connectivity index (χ4n) is 2.81. The summed E-state index contributed by atoms with van der Waals surface area (Å²) in [5.41, 5.74) is 0. The van der Waals surface area contributed by atoms with Gasteiger partial charge in [0.2, 0.25) is 0 Å². The van der Waals surface area contributed by atoms with Crippen LogP contribution < -0.4 is 0 Å². The van der Waals surface area contributed by atoms with Crippen molar-refractivity contribution in [3.05, 3.63) is 0 Å². The van der Waals surface area contributed by atoms with Gasteiger partial charge in [-0.15, -0.1) is 0 Å². The second kappa shape index (κ2) is 14.7. The SMILES string of the molecule is CCCCCCCCC(C)O[Si](C)(C)OCCCCCCC. The average molecular weight is 331 g/mol. The van der Waals surface area contributed by atoms with Gasteiger partial charge in [-0.25, -0.2) is 0 Å². The maximum Gasteiger partial charge on any atom is 0.331 e. The van der Waals surface area contributed by atoms with Gasteiger partial charge < -0.3 is 8.85 Å². The van der Waals surface area contributed by atoms with E-state index < -0.39 is 8.56 Å². The van der Waals surface area contributed by atoms with Gasteiger partial charge in [-0.2, -0.15) is 0 Å². The van der Waals surface area contributed by atoms with Gasteiger partial charge in [-0.3, -0.25) is 0 Å². The van der Waals surface area contributed by atoms with Crippen molar-refractivity contribution in [2.45, 2.75) is 117 Å². The Morgan fingerprint density at radius 1 is 0.727 bits per heavy atom. The Bertz CT molecular complexity index is 231. The molecule has 134 valence electrons. The van der Waals surface area contributed by atoms with E-state index in [0.29, 0.717) is 6.10 Å². The molecule has 0 bridgehead atoms. The second-order valence-corrected chi connectivity index (χ2v) is 10.5. The molecule has 0 saturated heterocycles. The maximum atomic E-state index is 6.21. The molecule has 0 heterocycles. The van der Waals surface area contributed by atoms with Crippen LogP contribution in [0.25, 0.3) is 0 Å². The number of hydrogen-bond acceptors (Lipinski definition) is 2. The lowest BCUT2D eigenvalue weighted by atomic mass is 10.1. The highest BCUT2D eigenvalue weighted by atomic mass is 28.4. The molecular weight excluding hydrogens is 288 g/mol.